The highest BCUT2D eigenvalue weighted by atomic mass is 32.2. The second-order valence-electron chi connectivity index (χ2n) is 5.78. The molecule has 0 amide bonds. The van der Waals surface area contributed by atoms with Crippen LogP contribution in [0.2, 0.25) is 0 Å². The standard InChI is InChI=1S/C19H18N4OS/c1-3-24-16-9-7-14(8-10-16)17-12-25-19-21-20-18(23(19)22-17)15-6-4-5-13(2)11-15/h4-11H,3,12H2,1-2H3. The first-order valence-corrected chi connectivity index (χ1v) is 9.19. The number of aryl methyl sites for hydroxylation is 1. The minimum absolute atomic E-state index is 0.667. The van der Waals surface area contributed by atoms with Crippen LogP contribution in [0.5, 0.6) is 5.75 Å². The van der Waals surface area contributed by atoms with Gasteiger partial charge in [-0.15, -0.1) is 10.2 Å². The molecule has 1 aromatic heterocycles. The number of hydrogen-bond acceptors (Lipinski definition) is 5. The summed E-state index contributed by atoms with van der Waals surface area (Å²) in [5.74, 6) is 2.43. The lowest BCUT2D eigenvalue weighted by Crippen LogP contribution is -2.13. The van der Waals surface area contributed by atoms with Crippen molar-refractivity contribution >= 4 is 17.5 Å². The summed E-state index contributed by atoms with van der Waals surface area (Å²) in [6.07, 6.45) is 0. The van der Waals surface area contributed by atoms with Crippen molar-refractivity contribution in [2.45, 2.75) is 19.0 Å². The maximum Gasteiger partial charge on any atom is 0.212 e. The summed E-state index contributed by atoms with van der Waals surface area (Å²) in [6.45, 7) is 4.72. The van der Waals surface area contributed by atoms with Crippen molar-refractivity contribution < 1.29 is 4.74 Å². The average molecular weight is 350 g/mol. The lowest BCUT2D eigenvalue weighted by Gasteiger charge is -2.14. The van der Waals surface area contributed by atoms with E-state index in [0.717, 1.165) is 39.3 Å². The molecule has 0 bridgehead atoms. The molecule has 4 rings (SSSR count). The van der Waals surface area contributed by atoms with Gasteiger partial charge in [0.2, 0.25) is 5.16 Å². The van der Waals surface area contributed by atoms with E-state index in [-0.39, 0.29) is 0 Å². The van der Waals surface area contributed by atoms with Crippen molar-refractivity contribution in [3.63, 3.8) is 0 Å². The van der Waals surface area contributed by atoms with Gasteiger partial charge in [0.25, 0.3) is 0 Å². The Balaban J connectivity index is 1.71. The SMILES string of the molecule is CCOc1ccc(C2=Nn3c(nnc3-c3cccc(C)c3)SC2)cc1. The van der Waals surface area contributed by atoms with E-state index in [4.69, 9.17) is 9.84 Å². The molecule has 0 aliphatic carbocycles. The van der Waals surface area contributed by atoms with Crippen molar-refractivity contribution in [1.82, 2.24) is 14.9 Å². The van der Waals surface area contributed by atoms with Gasteiger partial charge in [0.15, 0.2) is 5.82 Å². The maximum atomic E-state index is 5.51. The molecule has 25 heavy (non-hydrogen) atoms. The Morgan fingerprint density at radius 1 is 1.08 bits per heavy atom. The van der Waals surface area contributed by atoms with Crippen LogP contribution < -0.4 is 4.74 Å². The maximum absolute atomic E-state index is 5.51. The van der Waals surface area contributed by atoms with E-state index in [0.29, 0.717) is 6.61 Å². The molecule has 0 atom stereocenters. The zero-order chi connectivity index (χ0) is 17.2. The molecule has 3 aromatic rings. The summed E-state index contributed by atoms with van der Waals surface area (Å²) in [5.41, 5.74) is 4.31. The lowest BCUT2D eigenvalue weighted by molar-refractivity contribution is 0.340. The second-order valence-corrected chi connectivity index (χ2v) is 6.72. The van der Waals surface area contributed by atoms with Gasteiger partial charge < -0.3 is 4.74 Å². The van der Waals surface area contributed by atoms with Gasteiger partial charge >= 0.3 is 0 Å². The molecule has 0 N–H and O–H groups in total. The molecule has 0 radical (unpaired) electrons. The molecule has 0 fully saturated rings. The van der Waals surface area contributed by atoms with Crippen LogP contribution in [0.1, 0.15) is 18.1 Å². The molecule has 0 saturated carbocycles. The molecule has 0 unspecified atom stereocenters. The van der Waals surface area contributed by atoms with Gasteiger partial charge in [-0.1, -0.05) is 35.5 Å². The molecule has 5 nitrogen and oxygen atoms in total. The number of hydrogen-bond donors (Lipinski definition) is 0. The quantitative estimate of drug-likeness (QED) is 0.713. The van der Waals surface area contributed by atoms with Gasteiger partial charge in [0.1, 0.15) is 5.75 Å². The third-order valence-corrected chi connectivity index (χ3v) is 4.88. The van der Waals surface area contributed by atoms with Gasteiger partial charge in [-0.3, -0.25) is 0 Å². The van der Waals surface area contributed by atoms with E-state index in [2.05, 4.69) is 29.3 Å². The smallest absolute Gasteiger partial charge is 0.212 e. The zero-order valence-corrected chi connectivity index (χ0v) is 15.0. The van der Waals surface area contributed by atoms with E-state index in [1.54, 1.807) is 11.8 Å². The van der Waals surface area contributed by atoms with E-state index in [1.807, 2.05) is 48.0 Å². The number of aromatic nitrogens is 3. The highest BCUT2D eigenvalue weighted by molar-refractivity contribution is 7.99. The predicted octanol–water partition coefficient (Wildman–Crippen LogP) is 4.01. The molecule has 1 aliphatic rings. The first-order chi connectivity index (χ1) is 12.2. The average Bonchev–Trinajstić information content (AvgIpc) is 3.06. The molecule has 0 spiro atoms. The van der Waals surface area contributed by atoms with Crippen LogP contribution >= 0.6 is 11.8 Å². The first kappa shape index (κ1) is 15.9. The number of nitrogens with zero attached hydrogens (tertiary/aromatic N) is 4. The highest BCUT2D eigenvalue weighted by Crippen LogP contribution is 2.29. The van der Waals surface area contributed by atoms with Crippen LogP contribution in [0.3, 0.4) is 0 Å². The van der Waals surface area contributed by atoms with Crippen molar-refractivity contribution in [3.05, 3.63) is 59.7 Å². The van der Waals surface area contributed by atoms with Crippen LogP contribution in [-0.2, 0) is 0 Å². The third-order valence-electron chi connectivity index (χ3n) is 3.95. The van der Waals surface area contributed by atoms with Crippen LogP contribution in [0.4, 0.5) is 0 Å². The van der Waals surface area contributed by atoms with Crippen LogP contribution in [0.15, 0.2) is 58.8 Å². The molecule has 6 heteroatoms. The normalized spacial score (nSPS) is 13.3. The Morgan fingerprint density at radius 2 is 1.92 bits per heavy atom. The fourth-order valence-electron chi connectivity index (χ4n) is 2.74. The molecule has 126 valence electrons. The Bertz CT molecular complexity index is 931. The molecule has 2 heterocycles. The summed E-state index contributed by atoms with van der Waals surface area (Å²) in [4.78, 5) is 0. The second kappa shape index (κ2) is 6.72. The monoisotopic (exact) mass is 350 g/mol. The number of ether oxygens (including phenoxy) is 1. The summed E-state index contributed by atoms with van der Waals surface area (Å²) in [5, 5.41) is 14.2. The van der Waals surface area contributed by atoms with E-state index in [9.17, 15) is 0 Å². The third kappa shape index (κ3) is 3.17. The minimum Gasteiger partial charge on any atom is -0.494 e. The summed E-state index contributed by atoms with van der Waals surface area (Å²) >= 11 is 1.65. The van der Waals surface area contributed by atoms with Gasteiger partial charge in [-0.2, -0.15) is 9.78 Å². The highest BCUT2D eigenvalue weighted by Gasteiger charge is 2.20. The number of thioether (sulfide) groups is 1. The fourth-order valence-corrected chi connectivity index (χ4v) is 3.58. The lowest BCUT2D eigenvalue weighted by atomic mass is 10.1. The van der Waals surface area contributed by atoms with Crippen molar-refractivity contribution in [3.8, 4) is 17.1 Å². The van der Waals surface area contributed by atoms with Crippen LogP contribution in [0.25, 0.3) is 11.4 Å². The Kier molecular flexibility index (Phi) is 4.28. The topological polar surface area (TPSA) is 52.3 Å². The minimum atomic E-state index is 0.667. The summed E-state index contributed by atoms with van der Waals surface area (Å²) < 4.78 is 7.35. The number of fused-ring (bicyclic) bond motifs is 1. The predicted molar refractivity (Wildman–Crippen MR) is 100 cm³/mol. The molecular formula is C19H18N4OS. The van der Waals surface area contributed by atoms with Gasteiger partial charge in [0.05, 0.1) is 12.3 Å². The molecule has 0 saturated heterocycles. The van der Waals surface area contributed by atoms with Crippen molar-refractivity contribution in [2.75, 3.05) is 12.4 Å². The van der Waals surface area contributed by atoms with E-state index < -0.39 is 0 Å². The Labute approximate surface area is 150 Å². The first-order valence-electron chi connectivity index (χ1n) is 8.21. The summed E-state index contributed by atoms with van der Waals surface area (Å²) in [7, 11) is 0. The largest absolute Gasteiger partial charge is 0.494 e. The van der Waals surface area contributed by atoms with Gasteiger partial charge in [-0.05, 0) is 49.7 Å². The summed E-state index contributed by atoms with van der Waals surface area (Å²) in [6, 6.07) is 16.3. The molecule has 1 aliphatic heterocycles. The number of benzene rings is 2. The van der Waals surface area contributed by atoms with Crippen molar-refractivity contribution in [2.24, 2.45) is 5.10 Å². The fraction of sp³-hybridized carbons (Fsp3) is 0.211. The van der Waals surface area contributed by atoms with Crippen molar-refractivity contribution in [1.29, 1.82) is 0 Å². The van der Waals surface area contributed by atoms with E-state index in [1.165, 1.54) is 5.56 Å². The van der Waals surface area contributed by atoms with Gasteiger partial charge in [0, 0.05) is 11.3 Å². The zero-order valence-electron chi connectivity index (χ0n) is 14.1. The van der Waals surface area contributed by atoms with Crippen LogP contribution in [-0.4, -0.2) is 32.9 Å². The van der Waals surface area contributed by atoms with Gasteiger partial charge in [-0.25, -0.2) is 0 Å². The Hall–Kier alpha value is -2.60. The van der Waals surface area contributed by atoms with E-state index >= 15 is 0 Å². The van der Waals surface area contributed by atoms with Crippen LogP contribution in [0, 0.1) is 6.92 Å². The Morgan fingerprint density at radius 3 is 2.68 bits per heavy atom. The molecule has 2 aromatic carbocycles. The molecular weight excluding hydrogens is 332 g/mol. The number of rotatable bonds is 4.